The lowest BCUT2D eigenvalue weighted by molar-refractivity contribution is -0.139. The minimum atomic E-state index is -4.20. The van der Waals surface area contributed by atoms with E-state index >= 15 is 0 Å². The van der Waals surface area contributed by atoms with E-state index < -0.39 is 27.9 Å². The van der Waals surface area contributed by atoms with E-state index in [2.05, 4.69) is 5.32 Å². The fraction of sp³-hybridized carbons (Fsp3) is 0.167. The van der Waals surface area contributed by atoms with Crippen LogP contribution >= 0.6 is 23.2 Å². The zero-order chi connectivity index (χ0) is 24.3. The van der Waals surface area contributed by atoms with Crippen molar-refractivity contribution in [3.8, 4) is 0 Å². The number of nitrogens with one attached hydrogen (secondary N) is 1. The molecule has 3 aromatic carbocycles. The standard InChI is InChI=1S/C24H20Cl2N2O5S/c25-18-7-9-19(10-8-18)28(15-16-4-2-1-3-5-16)34(31,32)22-14-17(6-11-20(22)26)23(29)27-21-12-13-33-24(21)30/h1-11,14,21H,12-13,15H2,(H,27,29)/t21-/m0/s1. The number of cyclic esters (lactones) is 1. The monoisotopic (exact) mass is 518 g/mol. The number of benzene rings is 3. The van der Waals surface area contributed by atoms with Crippen LogP contribution in [0.15, 0.2) is 77.7 Å². The number of amides is 1. The highest BCUT2D eigenvalue weighted by molar-refractivity contribution is 7.93. The quantitative estimate of drug-likeness (QED) is 0.467. The van der Waals surface area contributed by atoms with Gasteiger partial charge in [0.15, 0.2) is 0 Å². The van der Waals surface area contributed by atoms with Crippen LogP contribution in [0.5, 0.6) is 0 Å². The molecular formula is C24H20Cl2N2O5S. The highest BCUT2D eigenvalue weighted by Gasteiger charge is 2.31. The number of anilines is 1. The smallest absolute Gasteiger partial charge is 0.328 e. The van der Waals surface area contributed by atoms with Crippen molar-refractivity contribution in [3.63, 3.8) is 0 Å². The molecule has 1 fully saturated rings. The summed E-state index contributed by atoms with van der Waals surface area (Å²) in [7, 11) is -4.20. The maximum Gasteiger partial charge on any atom is 0.328 e. The lowest BCUT2D eigenvalue weighted by atomic mass is 10.2. The van der Waals surface area contributed by atoms with Crippen molar-refractivity contribution in [2.24, 2.45) is 0 Å². The van der Waals surface area contributed by atoms with Crippen LogP contribution in [-0.2, 0) is 26.1 Å². The molecule has 34 heavy (non-hydrogen) atoms. The molecule has 10 heteroatoms. The molecule has 0 spiro atoms. The van der Waals surface area contributed by atoms with E-state index in [1.165, 1.54) is 22.5 Å². The maximum atomic E-state index is 13.8. The van der Waals surface area contributed by atoms with Gasteiger partial charge in [-0.1, -0.05) is 53.5 Å². The van der Waals surface area contributed by atoms with E-state index in [-0.39, 0.29) is 28.6 Å². The lowest BCUT2D eigenvalue weighted by Crippen LogP contribution is -2.38. The summed E-state index contributed by atoms with van der Waals surface area (Å²) in [5.74, 6) is -1.12. The molecule has 4 rings (SSSR count). The van der Waals surface area contributed by atoms with Crippen molar-refractivity contribution in [3.05, 3.63) is 94.0 Å². The summed E-state index contributed by atoms with van der Waals surface area (Å²) < 4.78 is 33.7. The second kappa shape index (κ2) is 10.0. The number of ether oxygens (including phenoxy) is 1. The van der Waals surface area contributed by atoms with Gasteiger partial charge in [-0.15, -0.1) is 0 Å². The predicted octanol–water partition coefficient (Wildman–Crippen LogP) is 4.43. The molecule has 0 bridgehead atoms. The van der Waals surface area contributed by atoms with Crippen LogP contribution in [0, 0.1) is 0 Å². The average Bonchev–Trinajstić information content (AvgIpc) is 3.23. The molecule has 3 aromatic rings. The van der Waals surface area contributed by atoms with Crippen molar-refractivity contribution in [2.45, 2.75) is 23.9 Å². The number of carbonyl (C=O) groups is 2. The molecule has 1 heterocycles. The third-order valence-corrected chi connectivity index (χ3v) is 7.79. The first kappa shape index (κ1) is 24.1. The summed E-state index contributed by atoms with van der Waals surface area (Å²) in [6, 6.07) is 18.7. The molecule has 176 valence electrons. The van der Waals surface area contributed by atoms with Crippen LogP contribution in [-0.4, -0.2) is 32.9 Å². The molecule has 1 aliphatic heterocycles. The average molecular weight is 519 g/mol. The molecule has 1 aliphatic rings. The summed E-state index contributed by atoms with van der Waals surface area (Å²) in [5.41, 5.74) is 1.19. The van der Waals surface area contributed by atoms with Crippen molar-refractivity contribution < 1.29 is 22.7 Å². The molecule has 0 unspecified atom stereocenters. The molecule has 0 radical (unpaired) electrons. The van der Waals surface area contributed by atoms with Gasteiger partial charge >= 0.3 is 5.97 Å². The van der Waals surface area contributed by atoms with E-state index in [4.69, 9.17) is 27.9 Å². The van der Waals surface area contributed by atoms with E-state index in [1.807, 2.05) is 30.3 Å². The molecule has 1 N–H and O–H groups in total. The van der Waals surface area contributed by atoms with E-state index in [9.17, 15) is 18.0 Å². The van der Waals surface area contributed by atoms with Crippen molar-refractivity contribution in [2.75, 3.05) is 10.9 Å². The van der Waals surface area contributed by atoms with Gasteiger partial charge in [-0.05, 0) is 48.0 Å². The molecule has 7 nitrogen and oxygen atoms in total. The molecule has 0 aromatic heterocycles. The maximum absolute atomic E-state index is 13.8. The Hall–Kier alpha value is -3.07. The fourth-order valence-electron chi connectivity index (χ4n) is 3.50. The Kier molecular flexibility index (Phi) is 7.11. The molecule has 1 atom stereocenters. The Labute approximate surface area is 207 Å². The third kappa shape index (κ3) is 5.19. The number of halogens is 2. The number of hydrogen-bond donors (Lipinski definition) is 1. The molecule has 0 saturated carbocycles. The zero-order valence-corrected chi connectivity index (χ0v) is 20.1. The Morgan fingerprint density at radius 1 is 1.03 bits per heavy atom. The van der Waals surface area contributed by atoms with Crippen molar-refractivity contribution in [1.29, 1.82) is 0 Å². The van der Waals surface area contributed by atoms with E-state index in [0.29, 0.717) is 17.1 Å². The molecule has 1 amide bonds. The van der Waals surface area contributed by atoms with Gasteiger partial charge in [-0.2, -0.15) is 0 Å². The summed E-state index contributed by atoms with van der Waals surface area (Å²) >= 11 is 12.3. The van der Waals surface area contributed by atoms with Gasteiger partial charge < -0.3 is 10.1 Å². The van der Waals surface area contributed by atoms with Gasteiger partial charge in [0, 0.05) is 17.0 Å². The number of sulfonamides is 1. The van der Waals surface area contributed by atoms with Gasteiger partial charge in [-0.25, -0.2) is 13.2 Å². The number of carbonyl (C=O) groups excluding carboxylic acids is 2. The second-order valence-corrected chi connectivity index (χ2v) is 10.3. The normalized spacial score (nSPS) is 15.6. The summed E-state index contributed by atoms with van der Waals surface area (Å²) in [5, 5.41) is 2.99. The summed E-state index contributed by atoms with van der Waals surface area (Å²) in [6.45, 7) is 0.255. The predicted molar refractivity (Wildman–Crippen MR) is 130 cm³/mol. The van der Waals surface area contributed by atoms with Gasteiger partial charge in [0.2, 0.25) is 0 Å². The van der Waals surface area contributed by atoms with Crippen LogP contribution in [0.1, 0.15) is 22.3 Å². The van der Waals surface area contributed by atoms with Crippen molar-refractivity contribution in [1.82, 2.24) is 5.32 Å². The van der Waals surface area contributed by atoms with Crippen LogP contribution in [0.3, 0.4) is 0 Å². The largest absolute Gasteiger partial charge is 0.464 e. The van der Waals surface area contributed by atoms with Gasteiger partial charge in [0.1, 0.15) is 10.9 Å². The highest BCUT2D eigenvalue weighted by Crippen LogP contribution is 2.31. The summed E-state index contributed by atoms with van der Waals surface area (Å²) in [6.07, 6.45) is 0.352. The zero-order valence-electron chi connectivity index (χ0n) is 17.8. The number of rotatable bonds is 7. The Balaban J connectivity index is 1.72. The van der Waals surface area contributed by atoms with Gasteiger partial charge in [0.05, 0.1) is 23.9 Å². The van der Waals surface area contributed by atoms with Gasteiger partial charge in [-0.3, -0.25) is 9.10 Å². The van der Waals surface area contributed by atoms with Crippen LogP contribution in [0.2, 0.25) is 10.0 Å². The second-order valence-electron chi connectivity index (χ2n) is 7.60. The minimum absolute atomic E-state index is 0.0332. The first-order chi connectivity index (χ1) is 16.3. The number of nitrogens with zero attached hydrogens (tertiary/aromatic N) is 1. The minimum Gasteiger partial charge on any atom is -0.464 e. The number of esters is 1. The fourth-order valence-corrected chi connectivity index (χ4v) is 5.58. The highest BCUT2D eigenvalue weighted by atomic mass is 35.5. The van der Waals surface area contributed by atoms with Crippen LogP contribution < -0.4 is 9.62 Å². The number of hydrogen-bond acceptors (Lipinski definition) is 5. The SMILES string of the molecule is O=C(N[C@H]1CCOC1=O)c1ccc(Cl)c(S(=O)(=O)N(Cc2ccccc2)c2ccc(Cl)cc2)c1. The Morgan fingerprint density at radius 3 is 2.38 bits per heavy atom. The lowest BCUT2D eigenvalue weighted by Gasteiger charge is -2.25. The third-order valence-electron chi connectivity index (χ3n) is 5.29. The van der Waals surface area contributed by atoms with E-state index in [0.717, 1.165) is 5.56 Å². The Morgan fingerprint density at radius 2 is 1.74 bits per heavy atom. The first-order valence-corrected chi connectivity index (χ1v) is 12.5. The topological polar surface area (TPSA) is 92.8 Å². The first-order valence-electron chi connectivity index (χ1n) is 10.3. The van der Waals surface area contributed by atoms with E-state index in [1.54, 1.807) is 24.3 Å². The molecule has 0 aliphatic carbocycles. The molecular weight excluding hydrogens is 499 g/mol. The van der Waals surface area contributed by atoms with Gasteiger partial charge in [0.25, 0.3) is 15.9 Å². The molecule has 1 saturated heterocycles. The van der Waals surface area contributed by atoms with Crippen LogP contribution in [0.25, 0.3) is 0 Å². The summed E-state index contributed by atoms with van der Waals surface area (Å²) in [4.78, 5) is 24.2. The van der Waals surface area contributed by atoms with Crippen LogP contribution in [0.4, 0.5) is 5.69 Å². The Bertz CT molecular complexity index is 1310. The van der Waals surface area contributed by atoms with Crippen molar-refractivity contribution >= 4 is 50.8 Å².